The molecule has 1 amide bonds. The van der Waals surface area contributed by atoms with Gasteiger partial charge in [0, 0.05) is 39.4 Å². The lowest BCUT2D eigenvalue weighted by atomic mass is 9.99. The third kappa shape index (κ3) is 5.02. The first-order valence-electron chi connectivity index (χ1n) is 8.25. The van der Waals surface area contributed by atoms with E-state index in [9.17, 15) is 13.2 Å². The Bertz CT molecular complexity index is 656. The van der Waals surface area contributed by atoms with Crippen molar-refractivity contribution in [1.29, 1.82) is 0 Å². The van der Waals surface area contributed by atoms with E-state index in [-0.39, 0.29) is 18.5 Å². The molecule has 2 rings (SSSR count). The van der Waals surface area contributed by atoms with Gasteiger partial charge >= 0.3 is 0 Å². The van der Waals surface area contributed by atoms with Gasteiger partial charge in [0.05, 0.1) is 6.20 Å². The van der Waals surface area contributed by atoms with Crippen molar-refractivity contribution in [3.05, 3.63) is 18.0 Å². The summed E-state index contributed by atoms with van der Waals surface area (Å²) in [6.07, 6.45) is 7.17. The Morgan fingerprint density at radius 3 is 2.79 bits per heavy atom. The van der Waals surface area contributed by atoms with Gasteiger partial charge in [-0.2, -0.15) is 17.8 Å². The highest BCUT2D eigenvalue weighted by molar-refractivity contribution is 7.87. The lowest BCUT2D eigenvalue weighted by molar-refractivity contribution is -0.135. The highest BCUT2D eigenvalue weighted by Crippen LogP contribution is 2.20. The van der Waals surface area contributed by atoms with Gasteiger partial charge < -0.3 is 4.90 Å². The first-order chi connectivity index (χ1) is 11.3. The van der Waals surface area contributed by atoms with Crippen LogP contribution in [0.15, 0.2) is 12.4 Å². The number of aryl methyl sites for hydroxylation is 1. The van der Waals surface area contributed by atoms with E-state index in [1.165, 1.54) is 14.1 Å². The molecule has 1 saturated heterocycles. The van der Waals surface area contributed by atoms with E-state index in [1.54, 1.807) is 10.9 Å². The Morgan fingerprint density at radius 1 is 1.42 bits per heavy atom. The summed E-state index contributed by atoms with van der Waals surface area (Å²) in [5.74, 6) is 0.0401. The molecule has 24 heavy (non-hydrogen) atoms. The van der Waals surface area contributed by atoms with Gasteiger partial charge in [-0.15, -0.1) is 0 Å². The highest BCUT2D eigenvalue weighted by atomic mass is 32.2. The molecule has 9 heteroatoms. The standard InChI is InChI=1S/C15H27N5O3S/c1-13-10-16-19(11-13)12-15(21)20-9-5-4-6-14(20)7-8-17-24(22,23)18(2)3/h10-11,14,17H,4-9,12H2,1-3H3/t14-/m0/s1. The maximum absolute atomic E-state index is 12.6. The second kappa shape index (κ2) is 8.09. The van der Waals surface area contributed by atoms with Gasteiger partial charge in [0.2, 0.25) is 5.91 Å². The van der Waals surface area contributed by atoms with Crippen molar-refractivity contribution in [2.75, 3.05) is 27.2 Å². The number of carbonyl (C=O) groups excluding carboxylic acids is 1. The van der Waals surface area contributed by atoms with Crippen LogP contribution in [-0.4, -0.2) is 66.5 Å². The quantitative estimate of drug-likeness (QED) is 0.763. The zero-order valence-electron chi connectivity index (χ0n) is 14.6. The van der Waals surface area contributed by atoms with Crippen LogP contribution in [0.5, 0.6) is 0 Å². The van der Waals surface area contributed by atoms with Crippen molar-refractivity contribution < 1.29 is 13.2 Å². The van der Waals surface area contributed by atoms with Gasteiger partial charge in [-0.3, -0.25) is 9.48 Å². The first-order valence-corrected chi connectivity index (χ1v) is 9.69. The Balaban J connectivity index is 1.91. The number of nitrogens with one attached hydrogen (secondary N) is 1. The van der Waals surface area contributed by atoms with E-state index in [4.69, 9.17) is 0 Å². The SMILES string of the molecule is Cc1cnn(CC(=O)N2CCCC[C@H]2CCNS(=O)(=O)N(C)C)c1. The minimum absolute atomic E-state index is 0.0401. The molecule has 1 aliphatic heterocycles. The van der Waals surface area contributed by atoms with Gasteiger partial charge in [-0.1, -0.05) is 0 Å². The second-order valence-corrected chi connectivity index (χ2v) is 8.39. The van der Waals surface area contributed by atoms with Gasteiger partial charge in [-0.05, 0) is 38.2 Å². The molecule has 136 valence electrons. The molecular weight excluding hydrogens is 330 g/mol. The Labute approximate surface area is 144 Å². The van der Waals surface area contributed by atoms with Crippen LogP contribution < -0.4 is 4.72 Å². The topological polar surface area (TPSA) is 87.5 Å². The smallest absolute Gasteiger partial charge is 0.278 e. The molecule has 0 spiro atoms. The molecule has 1 aromatic rings. The summed E-state index contributed by atoms with van der Waals surface area (Å²) >= 11 is 0. The molecule has 2 heterocycles. The molecule has 8 nitrogen and oxygen atoms in total. The Hall–Kier alpha value is -1.45. The van der Waals surface area contributed by atoms with Crippen molar-refractivity contribution in [3.8, 4) is 0 Å². The fourth-order valence-corrected chi connectivity index (χ4v) is 3.53. The van der Waals surface area contributed by atoms with Crippen LogP contribution >= 0.6 is 0 Å². The van der Waals surface area contributed by atoms with Gasteiger partial charge in [0.25, 0.3) is 10.2 Å². The predicted octanol–water partition coefficient (Wildman–Crippen LogP) is 0.359. The fourth-order valence-electron chi connectivity index (χ4n) is 2.90. The second-order valence-electron chi connectivity index (χ2n) is 6.42. The van der Waals surface area contributed by atoms with Crippen molar-refractivity contribution in [3.63, 3.8) is 0 Å². The number of hydrogen-bond acceptors (Lipinski definition) is 4. The summed E-state index contributed by atoms with van der Waals surface area (Å²) in [5.41, 5.74) is 1.02. The number of rotatable bonds is 7. The molecule has 0 aliphatic carbocycles. The van der Waals surface area contributed by atoms with E-state index in [2.05, 4.69) is 9.82 Å². The highest BCUT2D eigenvalue weighted by Gasteiger charge is 2.27. The van der Waals surface area contributed by atoms with Crippen LogP contribution in [0.3, 0.4) is 0 Å². The maximum atomic E-state index is 12.6. The Morgan fingerprint density at radius 2 is 2.17 bits per heavy atom. The van der Waals surface area contributed by atoms with Crippen LogP contribution in [0.1, 0.15) is 31.2 Å². The number of nitrogens with zero attached hydrogens (tertiary/aromatic N) is 4. The monoisotopic (exact) mass is 357 g/mol. The normalized spacial score (nSPS) is 19.0. The first kappa shape index (κ1) is 18.9. The van der Waals surface area contributed by atoms with Crippen LogP contribution in [0, 0.1) is 6.92 Å². The summed E-state index contributed by atoms with van der Waals surface area (Å²) < 4.78 is 28.9. The summed E-state index contributed by atoms with van der Waals surface area (Å²) in [4.78, 5) is 14.5. The molecule has 1 N–H and O–H groups in total. The van der Waals surface area contributed by atoms with Crippen molar-refractivity contribution in [2.24, 2.45) is 0 Å². The number of aromatic nitrogens is 2. The molecule has 0 saturated carbocycles. The molecule has 1 aromatic heterocycles. The largest absolute Gasteiger partial charge is 0.338 e. The molecule has 0 radical (unpaired) electrons. The summed E-state index contributed by atoms with van der Waals surface area (Å²) in [5, 5.41) is 4.16. The summed E-state index contributed by atoms with van der Waals surface area (Å²) in [6.45, 7) is 3.22. The number of amides is 1. The lowest BCUT2D eigenvalue weighted by Gasteiger charge is -2.36. The van der Waals surface area contributed by atoms with Gasteiger partial charge in [-0.25, -0.2) is 4.72 Å². The van der Waals surface area contributed by atoms with E-state index >= 15 is 0 Å². The Kier molecular flexibility index (Phi) is 6.36. The van der Waals surface area contributed by atoms with Gasteiger partial charge in [0.15, 0.2) is 0 Å². The van der Waals surface area contributed by atoms with E-state index in [1.807, 2.05) is 18.0 Å². The molecule has 1 aliphatic rings. The fraction of sp³-hybridized carbons (Fsp3) is 0.733. The third-order valence-electron chi connectivity index (χ3n) is 4.25. The molecule has 0 aromatic carbocycles. The average molecular weight is 357 g/mol. The minimum atomic E-state index is -3.42. The zero-order valence-corrected chi connectivity index (χ0v) is 15.4. The van der Waals surface area contributed by atoms with E-state index in [0.717, 1.165) is 35.7 Å². The third-order valence-corrected chi connectivity index (χ3v) is 5.78. The predicted molar refractivity (Wildman–Crippen MR) is 91.5 cm³/mol. The molecule has 1 fully saturated rings. The number of hydrogen-bond donors (Lipinski definition) is 1. The summed E-state index contributed by atoms with van der Waals surface area (Å²) in [7, 11) is -0.435. The van der Waals surface area contributed by atoms with Gasteiger partial charge in [0.1, 0.15) is 6.54 Å². The average Bonchev–Trinajstić information content (AvgIpc) is 2.92. The molecule has 1 atom stereocenters. The van der Waals surface area contributed by atoms with Crippen LogP contribution in [-0.2, 0) is 21.5 Å². The van der Waals surface area contributed by atoms with Crippen LogP contribution in [0.25, 0.3) is 0 Å². The zero-order chi connectivity index (χ0) is 17.7. The molecule has 0 bridgehead atoms. The number of likely N-dealkylation sites (tertiary alicyclic amines) is 1. The number of carbonyl (C=O) groups is 1. The van der Waals surface area contributed by atoms with E-state index in [0.29, 0.717) is 13.0 Å². The minimum Gasteiger partial charge on any atom is -0.338 e. The molecular formula is C15H27N5O3S. The lowest BCUT2D eigenvalue weighted by Crippen LogP contribution is -2.47. The summed E-state index contributed by atoms with van der Waals surface area (Å²) in [6, 6.07) is 0.0766. The molecule has 0 unspecified atom stereocenters. The number of piperidine rings is 1. The maximum Gasteiger partial charge on any atom is 0.278 e. The van der Waals surface area contributed by atoms with Crippen LogP contribution in [0.2, 0.25) is 0 Å². The van der Waals surface area contributed by atoms with Crippen molar-refractivity contribution in [2.45, 2.75) is 45.2 Å². The van der Waals surface area contributed by atoms with Crippen LogP contribution in [0.4, 0.5) is 0 Å². The van der Waals surface area contributed by atoms with Crippen molar-refractivity contribution in [1.82, 2.24) is 23.7 Å². The van der Waals surface area contributed by atoms with E-state index < -0.39 is 10.2 Å². The van der Waals surface area contributed by atoms with Crippen molar-refractivity contribution >= 4 is 16.1 Å².